The Labute approximate surface area is 106 Å². The molecule has 1 aromatic rings. The molecule has 2 rings (SSSR count). The van der Waals surface area contributed by atoms with Gasteiger partial charge in [0.25, 0.3) is 0 Å². The summed E-state index contributed by atoms with van der Waals surface area (Å²) in [5.74, 6) is -0.215. The minimum atomic E-state index is -0.215. The maximum Gasteiger partial charge on any atom is 0.128 e. The van der Waals surface area contributed by atoms with Gasteiger partial charge in [0.2, 0.25) is 0 Å². The average Bonchev–Trinajstić information content (AvgIpc) is 2.32. The van der Waals surface area contributed by atoms with Crippen LogP contribution >= 0.6 is 11.6 Å². The summed E-state index contributed by atoms with van der Waals surface area (Å²) >= 11 is 5.90. The maximum absolute atomic E-state index is 13.7. The summed E-state index contributed by atoms with van der Waals surface area (Å²) < 4.78 is 13.7. The van der Waals surface area contributed by atoms with Gasteiger partial charge in [-0.25, -0.2) is 4.39 Å². The predicted octanol–water partition coefficient (Wildman–Crippen LogP) is 3.00. The fourth-order valence-corrected chi connectivity index (χ4v) is 2.49. The van der Waals surface area contributed by atoms with E-state index < -0.39 is 0 Å². The molecule has 1 unspecified atom stereocenters. The van der Waals surface area contributed by atoms with Gasteiger partial charge in [0, 0.05) is 29.7 Å². The average molecular weight is 258 g/mol. The number of benzene rings is 1. The second-order valence-corrected chi connectivity index (χ2v) is 5.05. The van der Waals surface area contributed by atoms with Crippen LogP contribution in [0.15, 0.2) is 18.2 Å². The van der Waals surface area contributed by atoms with Crippen molar-refractivity contribution in [2.75, 3.05) is 13.1 Å². The van der Waals surface area contributed by atoms with Crippen LogP contribution in [-0.2, 0) is 0 Å². The lowest BCUT2D eigenvalue weighted by atomic mass is 10.0. The monoisotopic (exact) mass is 257 g/mol. The van der Waals surface area contributed by atoms with Crippen molar-refractivity contribution in [2.24, 2.45) is 0 Å². The van der Waals surface area contributed by atoms with Gasteiger partial charge in [0.15, 0.2) is 0 Å². The molecule has 1 aliphatic heterocycles. The van der Waals surface area contributed by atoms with E-state index in [1.54, 1.807) is 12.1 Å². The van der Waals surface area contributed by atoms with Crippen molar-refractivity contribution in [1.82, 2.24) is 4.90 Å². The van der Waals surface area contributed by atoms with Gasteiger partial charge in [0.1, 0.15) is 5.82 Å². The van der Waals surface area contributed by atoms with Crippen LogP contribution in [0.1, 0.15) is 31.4 Å². The molecule has 0 aromatic heterocycles. The first-order chi connectivity index (χ1) is 8.08. The van der Waals surface area contributed by atoms with Crippen LogP contribution < -0.4 is 0 Å². The number of aliphatic hydroxyl groups is 1. The Morgan fingerprint density at radius 3 is 2.71 bits per heavy atom. The normalized spacial score (nSPS) is 20.5. The fourth-order valence-electron chi connectivity index (χ4n) is 2.30. The fraction of sp³-hybridized carbons (Fsp3) is 0.538. The summed E-state index contributed by atoms with van der Waals surface area (Å²) in [5.41, 5.74) is 0.633. The van der Waals surface area contributed by atoms with Crippen molar-refractivity contribution in [3.8, 4) is 0 Å². The molecule has 1 atom stereocenters. The largest absolute Gasteiger partial charge is 0.393 e. The molecule has 1 saturated heterocycles. The standard InChI is InChI=1S/C13H17ClFNO/c1-9(16-6-4-11(17)5-7-16)12-8-10(14)2-3-13(12)15/h2-3,8-9,11,17H,4-7H2,1H3. The van der Waals surface area contributed by atoms with Crippen LogP contribution in [0.25, 0.3) is 0 Å². The summed E-state index contributed by atoms with van der Waals surface area (Å²) in [4.78, 5) is 2.18. The topological polar surface area (TPSA) is 23.5 Å². The van der Waals surface area contributed by atoms with Gasteiger partial charge in [0.05, 0.1) is 6.10 Å². The van der Waals surface area contributed by atoms with Crippen molar-refractivity contribution in [3.05, 3.63) is 34.6 Å². The minimum absolute atomic E-state index is 0.00111. The van der Waals surface area contributed by atoms with Gasteiger partial charge in [-0.3, -0.25) is 4.90 Å². The van der Waals surface area contributed by atoms with E-state index in [9.17, 15) is 9.50 Å². The summed E-state index contributed by atoms with van der Waals surface area (Å²) in [7, 11) is 0. The summed E-state index contributed by atoms with van der Waals surface area (Å²) in [5, 5.41) is 10.0. The number of nitrogens with zero attached hydrogens (tertiary/aromatic N) is 1. The molecule has 1 heterocycles. The second kappa shape index (κ2) is 5.34. The number of hydrogen-bond acceptors (Lipinski definition) is 2. The second-order valence-electron chi connectivity index (χ2n) is 4.61. The van der Waals surface area contributed by atoms with Crippen LogP contribution in [0.5, 0.6) is 0 Å². The Morgan fingerprint density at radius 1 is 1.41 bits per heavy atom. The van der Waals surface area contributed by atoms with Gasteiger partial charge < -0.3 is 5.11 Å². The molecule has 0 radical (unpaired) electrons. The van der Waals surface area contributed by atoms with Crippen LogP contribution in [0, 0.1) is 5.82 Å². The molecule has 1 N–H and O–H groups in total. The smallest absolute Gasteiger partial charge is 0.128 e. The van der Waals surface area contributed by atoms with Gasteiger partial charge in [-0.2, -0.15) is 0 Å². The molecule has 4 heteroatoms. The molecule has 2 nitrogen and oxygen atoms in total. The Hall–Kier alpha value is -0.640. The van der Waals surface area contributed by atoms with Crippen molar-refractivity contribution in [1.29, 1.82) is 0 Å². The third-order valence-electron chi connectivity index (χ3n) is 3.45. The van der Waals surface area contributed by atoms with Crippen LogP contribution in [0.3, 0.4) is 0 Å². The molecular weight excluding hydrogens is 241 g/mol. The zero-order chi connectivity index (χ0) is 12.4. The number of halogens is 2. The molecule has 1 fully saturated rings. The molecule has 1 aliphatic rings. The molecule has 94 valence electrons. The highest BCUT2D eigenvalue weighted by Gasteiger charge is 2.23. The molecule has 1 aromatic carbocycles. The van der Waals surface area contributed by atoms with Crippen molar-refractivity contribution < 1.29 is 9.50 Å². The predicted molar refractivity (Wildman–Crippen MR) is 66.6 cm³/mol. The zero-order valence-corrected chi connectivity index (χ0v) is 10.6. The first kappa shape index (κ1) is 12.8. The molecule has 0 spiro atoms. The molecule has 0 bridgehead atoms. The lowest BCUT2D eigenvalue weighted by Crippen LogP contribution is -2.37. The highest BCUT2D eigenvalue weighted by Crippen LogP contribution is 2.28. The molecule has 0 saturated carbocycles. The molecular formula is C13H17ClFNO. The Kier molecular flexibility index (Phi) is 4.02. The van der Waals surface area contributed by atoms with Crippen molar-refractivity contribution in [3.63, 3.8) is 0 Å². The first-order valence-corrected chi connectivity index (χ1v) is 6.33. The van der Waals surface area contributed by atoms with Crippen LogP contribution in [0.4, 0.5) is 4.39 Å². The molecule has 0 amide bonds. The van der Waals surface area contributed by atoms with Crippen LogP contribution in [-0.4, -0.2) is 29.2 Å². The minimum Gasteiger partial charge on any atom is -0.393 e. The highest BCUT2D eigenvalue weighted by atomic mass is 35.5. The lowest BCUT2D eigenvalue weighted by Gasteiger charge is -2.34. The van der Waals surface area contributed by atoms with E-state index in [4.69, 9.17) is 11.6 Å². The molecule has 0 aliphatic carbocycles. The maximum atomic E-state index is 13.7. The Bertz CT molecular complexity index is 391. The summed E-state index contributed by atoms with van der Waals surface area (Å²) in [6.45, 7) is 3.58. The van der Waals surface area contributed by atoms with Gasteiger partial charge >= 0.3 is 0 Å². The van der Waals surface area contributed by atoms with Gasteiger partial charge in [-0.15, -0.1) is 0 Å². The van der Waals surface area contributed by atoms with Crippen molar-refractivity contribution >= 4 is 11.6 Å². The number of rotatable bonds is 2. The van der Waals surface area contributed by atoms with E-state index in [2.05, 4.69) is 4.90 Å². The molecule has 17 heavy (non-hydrogen) atoms. The first-order valence-electron chi connectivity index (χ1n) is 5.95. The van der Waals surface area contributed by atoms with Gasteiger partial charge in [-0.05, 0) is 38.0 Å². The Morgan fingerprint density at radius 2 is 2.06 bits per heavy atom. The summed E-state index contributed by atoms with van der Waals surface area (Å²) in [6.07, 6.45) is 1.31. The number of aliphatic hydroxyl groups excluding tert-OH is 1. The quantitative estimate of drug-likeness (QED) is 0.881. The number of likely N-dealkylation sites (tertiary alicyclic amines) is 1. The van der Waals surface area contributed by atoms with E-state index >= 15 is 0 Å². The summed E-state index contributed by atoms with van der Waals surface area (Å²) in [6, 6.07) is 4.66. The van der Waals surface area contributed by atoms with Crippen molar-refractivity contribution in [2.45, 2.75) is 31.9 Å². The number of hydrogen-bond donors (Lipinski definition) is 1. The van der Waals surface area contributed by atoms with E-state index in [0.29, 0.717) is 10.6 Å². The number of piperidine rings is 1. The third kappa shape index (κ3) is 2.97. The van der Waals surface area contributed by atoms with E-state index in [0.717, 1.165) is 25.9 Å². The van der Waals surface area contributed by atoms with E-state index in [-0.39, 0.29) is 18.0 Å². The van der Waals surface area contributed by atoms with Crippen LogP contribution in [0.2, 0.25) is 5.02 Å². The van der Waals surface area contributed by atoms with E-state index in [1.165, 1.54) is 6.07 Å². The third-order valence-corrected chi connectivity index (χ3v) is 3.69. The SMILES string of the molecule is CC(c1cc(Cl)ccc1F)N1CCC(O)CC1. The zero-order valence-electron chi connectivity index (χ0n) is 9.87. The highest BCUT2D eigenvalue weighted by molar-refractivity contribution is 6.30. The van der Waals surface area contributed by atoms with E-state index in [1.807, 2.05) is 6.92 Å². The van der Waals surface area contributed by atoms with Gasteiger partial charge in [-0.1, -0.05) is 11.6 Å². The Balaban J connectivity index is 2.13. The lowest BCUT2D eigenvalue weighted by molar-refractivity contribution is 0.0637.